The van der Waals surface area contributed by atoms with Gasteiger partial charge in [-0.1, -0.05) is 119 Å². The van der Waals surface area contributed by atoms with Gasteiger partial charge in [0.2, 0.25) is 0 Å². The van der Waals surface area contributed by atoms with Gasteiger partial charge in [0, 0.05) is 161 Å². The Kier molecular flexibility index (Phi) is 31.4. The molecule has 0 bridgehead atoms. The zero-order valence-corrected chi connectivity index (χ0v) is 81.7. The van der Waals surface area contributed by atoms with Crippen molar-refractivity contribution in [3.05, 3.63) is 460 Å². The fourth-order valence-corrected chi connectivity index (χ4v) is 13.9. The molecule has 0 unspecified atom stereocenters. The maximum Gasteiger partial charge on any atom is 0.139 e. The predicted octanol–water partition coefficient (Wildman–Crippen LogP) is 27.4. The third-order valence-corrected chi connectivity index (χ3v) is 20.2. The quantitative estimate of drug-likeness (QED) is 0.130. The fraction of sp³-hybridized carbons (Fsp3) is 0.0526. The SMILES string of the molecule is Cc1ccc(-c2[c-]cccc2)nc1.Cc1ccc(-c2[c-]cccc2)nc1.Cc1ccc(-c2[c-]cccc2)nc1.Cc1ccc2oc3c(-c4ccccn4)[c-]ccc3c2n1.[2H]C([2H])([2H])c1ccc2oc3c(-c4ccccn4)[c-]ccc3c2n1.[2H]C([2H])([2H])c1ccc2oc3c(-c4ccccn4)[c-]ccc3c2n1.[Ir].[Ir].[Ir].[Ir].[c-]1ccc2c(oc3cccnc32)c1-c1ccccn1.[c-]1ccccc1-c1ccccn1. The normalized spacial score (nSPS) is 11.2. The number of nitrogens with zero attached hydrogens (tertiary/aromatic N) is 12. The van der Waals surface area contributed by atoms with E-state index in [1.165, 1.54) is 28.8 Å². The van der Waals surface area contributed by atoms with Gasteiger partial charge in [-0.15, -0.1) is 216 Å². The molecule has 0 spiro atoms. The molecule has 0 saturated carbocycles. The number of aryl methyl sites for hydroxylation is 6. The number of hydrogen-bond acceptors (Lipinski definition) is 16. The molecule has 0 N–H and O–H groups in total. The summed E-state index contributed by atoms with van der Waals surface area (Å²) < 4.78 is 68.7. The van der Waals surface area contributed by atoms with Crippen LogP contribution in [0.25, 0.3) is 178 Å². The second-order valence-electron chi connectivity index (χ2n) is 29.4. The van der Waals surface area contributed by atoms with E-state index < -0.39 is 13.7 Å². The molecule has 0 saturated heterocycles. The molecule has 0 atom stereocenters. The van der Waals surface area contributed by atoms with Crippen LogP contribution in [-0.4, -0.2) is 59.8 Å². The molecule has 0 aliphatic rings. The van der Waals surface area contributed by atoms with Crippen molar-refractivity contribution in [1.82, 2.24) is 59.8 Å². The van der Waals surface area contributed by atoms with Crippen LogP contribution in [0.2, 0.25) is 0 Å². The van der Waals surface area contributed by atoms with E-state index >= 15 is 0 Å². The van der Waals surface area contributed by atoms with E-state index in [-0.39, 0.29) is 91.8 Å². The van der Waals surface area contributed by atoms with Crippen LogP contribution in [0.1, 0.15) is 42.0 Å². The Morgan fingerprint density at radius 2 is 0.485 bits per heavy atom. The topological polar surface area (TPSA) is 207 Å². The van der Waals surface area contributed by atoms with Gasteiger partial charge in [0.15, 0.2) is 0 Å². The zero-order valence-electron chi connectivity index (χ0n) is 78.1. The molecule has 0 aliphatic carbocycles. The average Bonchev–Trinajstić information content (AvgIpc) is 1.65. The van der Waals surface area contributed by atoms with Crippen LogP contribution in [0, 0.1) is 89.9 Å². The van der Waals surface area contributed by atoms with Crippen molar-refractivity contribution < 1.29 is 106 Å². The number of hydrogen-bond donors (Lipinski definition) is 0. The minimum absolute atomic E-state index is 0. The molecule has 24 rings (SSSR count). The molecule has 134 heavy (non-hydrogen) atoms. The van der Waals surface area contributed by atoms with Crippen LogP contribution in [0.3, 0.4) is 0 Å². The molecular weight excluding hydrogens is 2370 g/mol. The van der Waals surface area contributed by atoms with Gasteiger partial charge in [0.25, 0.3) is 0 Å². The van der Waals surface area contributed by atoms with Crippen molar-refractivity contribution in [3.8, 4) is 90.1 Å². The predicted molar refractivity (Wildman–Crippen MR) is 517 cm³/mol. The largest absolute Gasteiger partial charge is 0.499 e. The molecule has 664 valence electrons. The van der Waals surface area contributed by atoms with E-state index in [0.29, 0.717) is 33.4 Å². The van der Waals surface area contributed by atoms with Gasteiger partial charge in [-0.2, -0.15) is 0 Å². The van der Waals surface area contributed by atoms with Crippen molar-refractivity contribution in [3.63, 3.8) is 0 Å². The summed E-state index contributed by atoms with van der Waals surface area (Å²) >= 11 is 0. The van der Waals surface area contributed by atoms with Gasteiger partial charge in [-0.3, -0.25) is 19.9 Å². The molecule has 20 heteroatoms. The molecule has 4 radical (unpaired) electrons. The van der Waals surface area contributed by atoms with E-state index in [1.54, 1.807) is 61.4 Å². The first-order chi connectivity index (χ1) is 66.4. The number of benzene rings is 8. The van der Waals surface area contributed by atoms with Crippen LogP contribution in [0.15, 0.2) is 395 Å². The molecule has 16 nitrogen and oxygen atoms in total. The second kappa shape index (κ2) is 47.4. The van der Waals surface area contributed by atoms with Crippen molar-refractivity contribution in [1.29, 1.82) is 0 Å². The van der Waals surface area contributed by atoms with Gasteiger partial charge >= 0.3 is 0 Å². The van der Waals surface area contributed by atoms with E-state index in [1.807, 2.05) is 313 Å². The first kappa shape index (κ1) is 88.6. The number of aromatic nitrogens is 12. The summed E-state index contributed by atoms with van der Waals surface area (Å²) in [6.45, 7) is 3.58. The Morgan fingerprint density at radius 3 is 0.761 bits per heavy atom. The van der Waals surface area contributed by atoms with E-state index in [4.69, 9.17) is 25.9 Å². The van der Waals surface area contributed by atoms with Crippen LogP contribution in [-0.2, 0) is 80.4 Å². The second-order valence-corrected chi connectivity index (χ2v) is 29.4. The van der Waals surface area contributed by atoms with Crippen molar-refractivity contribution >= 4 is 88.3 Å². The zero-order chi connectivity index (χ0) is 93.8. The third-order valence-electron chi connectivity index (χ3n) is 20.2. The molecule has 0 amide bonds. The minimum atomic E-state index is -2.25. The van der Waals surface area contributed by atoms with Crippen molar-refractivity contribution in [2.45, 2.75) is 41.4 Å². The summed E-state index contributed by atoms with van der Waals surface area (Å²) in [5, 5.41) is 3.51. The fourth-order valence-electron chi connectivity index (χ4n) is 13.9. The minimum Gasteiger partial charge on any atom is -0.499 e. The third kappa shape index (κ3) is 24.0. The molecule has 16 aromatic heterocycles. The van der Waals surface area contributed by atoms with Gasteiger partial charge in [0.1, 0.15) is 22.3 Å². The number of pyridine rings is 12. The Balaban J connectivity index is 0.000000136. The standard InChI is InChI=1S/3C17H11N2O.C16H9N2O.3C12H10N.C11H8N.4Ir/c3*1-11-8-9-15-16(19-11)13-6-4-5-12(17(13)20-15)14-7-2-3-10-18-14;1-2-9-17-13(7-1)11-5-3-6-12-15-14(19-16(11)12)8-4-10-18-15;3*1-10-7-8-12(13-9-10)11-5-3-2-4-6-11;1-2-6-10(7-3-1)11-8-4-5-9-12-11;;;;/h3*2-4,6-10H,1H3;1-4,6-10H;3*2-5,7-9H,1H3;1-6,8-9H;;;;/q8*-1;;;;/i2*1D3;;;;;;;;;;. The van der Waals surface area contributed by atoms with Gasteiger partial charge in [-0.25, -0.2) is 0 Å². The number of rotatable bonds is 8. The first-order valence-corrected chi connectivity index (χ1v) is 41.5. The van der Waals surface area contributed by atoms with Gasteiger partial charge in [0.05, 0.1) is 44.4 Å². The van der Waals surface area contributed by atoms with Crippen LogP contribution < -0.4 is 0 Å². The maximum absolute atomic E-state index is 7.51. The summed E-state index contributed by atoms with van der Waals surface area (Å²) in [6, 6.07) is 126. The molecule has 24 aromatic rings. The van der Waals surface area contributed by atoms with E-state index in [0.717, 1.165) is 151 Å². The Labute approximate surface area is 838 Å². The molecule has 0 fully saturated rings. The molecule has 8 aromatic carbocycles. The summed E-state index contributed by atoms with van der Waals surface area (Å²) in [6.07, 6.45) is 16.1. The smallest absolute Gasteiger partial charge is 0.139 e. The number of furan rings is 4. The van der Waals surface area contributed by atoms with Crippen LogP contribution in [0.5, 0.6) is 0 Å². The van der Waals surface area contributed by atoms with E-state index in [2.05, 4.69) is 127 Å². The monoisotopic (exact) mass is 2460 g/mol. The summed E-state index contributed by atoms with van der Waals surface area (Å²) in [4.78, 5) is 52.1. The average molecular weight is 2460 g/mol. The van der Waals surface area contributed by atoms with Gasteiger partial charge in [-0.05, 0) is 204 Å². The molecular formula is C114H80Ir4N12O4-8. The Morgan fingerprint density at radius 1 is 0.216 bits per heavy atom. The van der Waals surface area contributed by atoms with Crippen molar-refractivity contribution in [2.75, 3.05) is 0 Å². The maximum atomic E-state index is 7.51. The molecule has 0 aliphatic heterocycles. The first-order valence-electron chi connectivity index (χ1n) is 44.5. The summed E-state index contributed by atoms with van der Waals surface area (Å²) in [7, 11) is 0. The van der Waals surface area contributed by atoms with Crippen molar-refractivity contribution in [2.24, 2.45) is 0 Å². The van der Waals surface area contributed by atoms with Gasteiger partial charge < -0.3 is 57.5 Å². The summed E-state index contributed by atoms with van der Waals surface area (Å²) in [5.41, 5.74) is 27.4. The molecule has 16 heterocycles. The Hall–Kier alpha value is -14.6. The Bertz CT molecular complexity index is 7690. The van der Waals surface area contributed by atoms with Crippen LogP contribution in [0.4, 0.5) is 0 Å². The van der Waals surface area contributed by atoms with Crippen LogP contribution >= 0.6 is 0 Å². The van der Waals surface area contributed by atoms with E-state index in [9.17, 15) is 0 Å². The number of fused-ring (bicyclic) bond motifs is 12. The summed E-state index contributed by atoms with van der Waals surface area (Å²) in [5.74, 6) is 0.